The van der Waals surface area contributed by atoms with E-state index in [0.717, 1.165) is 78.0 Å². The molecule has 41 nitrogen and oxygen atoms in total. The van der Waals surface area contributed by atoms with Gasteiger partial charge < -0.3 is 63.0 Å². The molecule has 4 saturated heterocycles. The second kappa shape index (κ2) is 42.8. The number of aromatic nitrogens is 21. The second-order valence-electron chi connectivity index (χ2n) is 36.7. The number of aliphatic hydroxyl groups is 4. The first-order valence-corrected chi connectivity index (χ1v) is 48.7. The number of likely N-dealkylation sites (tertiary alicyclic amines) is 4. The van der Waals surface area contributed by atoms with Crippen LogP contribution in [0.15, 0.2) is 208 Å². The minimum atomic E-state index is -1.23. The molecule has 0 unspecified atom stereocenters. The maximum atomic E-state index is 12.9. The van der Waals surface area contributed by atoms with Gasteiger partial charge in [-0.15, -0.1) is 11.3 Å². The van der Waals surface area contributed by atoms with Gasteiger partial charge in [0, 0.05) is 188 Å². The van der Waals surface area contributed by atoms with Crippen LogP contribution in [0, 0.1) is 5.41 Å². The van der Waals surface area contributed by atoms with Gasteiger partial charge in [0.25, 0.3) is 11.8 Å². The highest BCUT2D eigenvalue weighted by molar-refractivity contribution is 7.13. The number of hydrogen-bond acceptors (Lipinski definition) is 32. The Morgan fingerprint density at radius 1 is 0.404 bits per heavy atom. The van der Waals surface area contributed by atoms with E-state index in [9.17, 15) is 53.7 Å². The fourth-order valence-electron chi connectivity index (χ4n) is 19.3. The van der Waals surface area contributed by atoms with Gasteiger partial charge in [0.15, 0.2) is 45.7 Å². The number of nitrogen functional groups attached to an aromatic ring is 4. The summed E-state index contributed by atoms with van der Waals surface area (Å²) in [6.45, 7) is 11.4. The standard InChI is InChI=1S/C30H27N7O2.C26H30N8O4.C24H26N8O3.C24H24N6O3S/c1-19(38)26-27(21-11-14-36(15-12-21)30(39)23-8-5-13-32-16-23)35-29-24(18-34-37(29)28(26)31)22-9-10-25(33-17-22)20-6-3-2-4-7-20;1-16(37)21-22(17-5-8-32(9-6-17)25(38)26(2,13-35)14-36)31-24-19(12-30-34(24)23(21)27)18-3-4-20(29-11-18)33-10-7-28-15-33;1-14(33)20-21(16-5-8-30(9-6-16)24(35)15(2)34)29-23-18(12-28-32(23)22(20)25)17-3-4-19(27-11-17)31-10-7-26-13-31;1-14(32)21-22(15-6-8-29(9-7-15)20(33)13-31)28-24-17(12-27-30(24)23(21)25)16-4-5-18(26-11-16)19-3-2-10-34-19/h2-10,13,16-18,21H,11-12,14-15,31H2,1H3;3-4,7,10-12,15,17,35-36H,5-6,8-9,13-14,27H2,1-2H3;3-4,7,10-13,15-16,34H,5-6,8-9,25H2,1-2H3;2-5,10-12,15,31H,6-9,13,25H2,1H3/t;;15-;/m..1./s1. The van der Waals surface area contributed by atoms with Gasteiger partial charge in [0.1, 0.15) is 60.3 Å². The molecule has 1 aromatic carbocycles. The molecule has 0 spiro atoms. The molecule has 12 N–H and O–H groups in total. The van der Waals surface area contributed by atoms with Crippen LogP contribution < -0.4 is 22.9 Å². The van der Waals surface area contributed by atoms with Gasteiger partial charge in [-0.2, -0.15) is 38.5 Å². The van der Waals surface area contributed by atoms with E-state index in [1.807, 2.05) is 118 Å². The van der Waals surface area contributed by atoms with E-state index in [1.165, 1.54) is 52.7 Å². The van der Waals surface area contributed by atoms with Crippen molar-refractivity contribution in [3.05, 3.63) is 259 Å². The van der Waals surface area contributed by atoms with Crippen LogP contribution in [0.5, 0.6) is 0 Å². The lowest BCUT2D eigenvalue weighted by Crippen LogP contribution is -2.49. The molecule has 42 heteroatoms. The van der Waals surface area contributed by atoms with Gasteiger partial charge >= 0.3 is 0 Å². The molecule has 16 aromatic heterocycles. The summed E-state index contributed by atoms with van der Waals surface area (Å²) in [6, 6.07) is 33.0. The van der Waals surface area contributed by atoms with E-state index < -0.39 is 31.3 Å². The van der Waals surface area contributed by atoms with E-state index in [1.54, 1.807) is 137 Å². The molecule has 0 aliphatic carbocycles. The number of anilines is 4. The fourth-order valence-corrected chi connectivity index (χ4v) is 20.0. The summed E-state index contributed by atoms with van der Waals surface area (Å²) in [5.74, 6) is 0.613. The van der Waals surface area contributed by atoms with Crippen molar-refractivity contribution < 1.29 is 58.8 Å². The van der Waals surface area contributed by atoms with Crippen LogP contribution in [0.2, 0.25) is 0 Å². The quantitative estimate of drug-likeness (QED) is 0.0292. The van der Waals surface area contributed by atoms with Crippen LogP contribution in [0.1, 0.15) is 191 Å². The molecule has 0 radical (unpaired) electrons. The van der Waals surface area contributed by atoms with Crippen LogP contribution in [-0.4, -0.2) is 267 Å². The zero-order valence-corrected chi connectivity index (χ0v) is 81.7. The maximum absolute atomic E-state index is 12.9. The summed E-state index contributed by atoms with van der Waals surface area (Å²) in [7, 11) is 0. The molecule has 0 saturated carbocycles. The number of Topliss-reactive ketones (excluding diaryl/α,β-unsaturated/α-hetero) is 4. The minimum Gasteiger partial charge on any atom is -0.395 e. The lowest BCUT2D eigenvalue weighted by Gasteiger charge is -2.37. The predicted octanol–water partition coefficient (Wildman–Crippen LogP) is 11.0. The zero-order chi connectivity index (χ0) is 102. The highest BCUT2D eigenvalue weighted by Gasteiger charge is 2.41. The van der Waals surface area contributed by atoms with Crippen LogP contribution in [0.25, 0.3) is 101 Å². The van der Waals surface area contributed by atoms with Crippen molar-refractivity contribution >= 4 is 104 Å². The van der Waals surface area contributed by atoms with Crippen molar-refractivity contribution in [1.29, 1.82) is 0 Å². The average Bonchev–Trinajstić information content (AvgIpc) is 1.59. The Bertz CT molecular complexity index is 7680. The number of ketones is 4. The number of fused-ring (bicyclic) bond motifs is 4. The number of carbonyl (C=O) groups is 8. The third-order valence-electron chi connectivity index (χ3n) is 27.3. The van der Waals surface area contributed by atoms with Gasteiger partial charge in [-0.05, 0) is 153 Å². The minimum absolute atomic E-state index is 0.0181. The SMILES string of the molecule is CC(=O)c1c(C2CCN(C(=O)C(C)(CO)CO)CC2)nc2c(-c3ccc(-n4ccnc4)nc3)cnn2c1N.CC(=O)c1c(C2CCN(C(=O)CO)CC2)nc2c(-c3ccc(-c4cccs4)nc3)cnn2c1N.CC(=O)c1c(C2CCN(C(=O)[C@@H](C)O)CC2)nc2c(-c3ccc(-n4ccnc4)nc3)cnn2c1N.CC(=O)c1c(C2CCN(C(=O)c3cccnc3)CC2)nc2c(-c3ccc(-c4ccccc4)nc3)cnn2c1N. The number of carbonyl (C=O) groups excluding carboxylic acids is 8. The second-order valence-corrected chi connectivity index (χ2v) is 37.7. The van der Waals surface area contributed by atoms with E-state index >= 15 is 0 Å². The molecule has 20 heterocycles. The van der Waals surface area contributed by atoms with Crippen LogP contribution >= 0.6 is 11.3 Å². The molecule has 746 valence electrons. The largest absolute Gasteiger partial charge is 0.395 e. The van der Waals surface area contributed by atoms with Crippen LogP contribution in [0.3, 0.4) is 0 Å². The van der Waals surface area contributed by atoms with Crippen LogP contribution in [-0.2, 0) is 14.4 Å². The Labute approximate surface area is 839 Å². The summed E-state index contributed by atoms with van der Waals surface area (Å²) >= 11 is 1.63. The summed E-state index contributed by atoms with van der Waals surface area (Å²) in [4.78, 5) is 158. The molecule has 0 bridgehead atoms. The Morgan fingerprint density at radius 3 is 1.10 bits per heavy atom. The van der Waals surface area contributed by atoms with Crippen molar-refractivity contribution in [2.75, 3.05) is 95.1 Å². The molecular weight excluding hydrogens is 1880 g/mol. The number of nitrogens with zero attached hydrogens (tertiary/aromatic N) is 25. The lowest BCUT2D eigenvalue weighted by molar-refractivity contribution is -0.147. The van der Waals surface area contributed by atoms with Crippen molar-refractivity contribution in [3.8, 4) is 78.0 Å². The highest BCUT2D eigenvalue weighted by atomic mass is 32.1. The van der Waals surface area contributed by atoms with Gasteiger partial charge in [-0.25, -0.2) is 39.9 Å². The van der Waals surface area contributed by atoms with Crippen molar-refractivity contribution in [2.45, 2.75) is 123 Å². The maximum Gasteiger partial charge on any atom is 0.255 e. The monoisotopic (exact) mass is 1990 g/mol. The molecule has 4 amide bonds. The number of amides is 4. The van der Waals surface area contributed by atoms with Gasteiger partial charge in [0.05, 0.1) is 110 Å². The molecule has 4 fully saturated rings. The van der Waals surface area contributed by atoms with E-state index in [-0.39, 0.29) is 93.7 Å². The first kappa shape index (κ1) is 99.3. The Balaban J connectivity index is 0.000000128. The number of benzene rings is 1. The van der Waals surface area contributed by atoms with Crippen molar-refractivity contribution in [2.24, 2.45) is 5.41 Å². The lowest BCUT2D eigenvalue weighted by atomic mass is 9.86. The van der Waals surface area contributed by atoms with Crippen molar-refractivity contribution in [3.63, 3.8) is 0 Å². The summed E-state index contributed by atoms with van der Waals surface area (Å²) in [5.41, 5.74) is 40.6. The van der Waals surface area contributed by atoms with E-state index in [0.29, 0.717) is 177 Å². The molecule has 17 aromatic rings. The number of pyridine rings is 5. The summed E-state index contributed by atoms with van der Waals surface area (Å²) in [5, 5.41) is 57.7. The number of hydrogen-bond donors (Lipinski definition) is 8. The molecule has 21 rings (SSSR count). The number of aliphatic hydroxyl groups excluding tert-OH is 4. The number of imidazole rings is 2. The molecule has 146 heavy (non-hydrogen) atoms. The number of thiophene rings is 1. The van der Waals surface area contributed by atoms with Gasteiger partial charge in [0.2, 0.25) is 11.8 Å². The van der Waals surface area contributed by atoms with Gasteiger partial charge in [-0.1, -0.05) is 48.5 Å². The molecular formula is C104H107N29O12S. The molecule has 4 aliphatic heterocycles. The van der Waals surface area contributed by atoms with E-state index in [4.69, 9.17) is 48.0 Å². The van der Waals surface area contributed by atoms with Crippen LogP contribution in [0.4, 0.5) is 23.3 Å². The number of rotatable bonds is 22. The molecule has 1 atom stereocenters. The average molecular weight is 1990 g/mol. The molecule has 4 aliphatic rings. The Kier molecular flexibility index (Phi) is 29.1. The number of piperidine rings is 4. The Hall–Kier alpha value is -16.8. The summed E-state index contributed by atoms with van der Waals surface area (Å²) in [6.07, 6.45) is 31.3. The highest BCUT2D eigenvalue weighted by Crippen LogP contribution is 2.43. The number of nitrogens with two attached hydrogens (primary N) is 4. The third kappa shape index (κ3) is 20.0. The first-order valence-electron chi connectivity index (χ1n) is 47.8. The third-order valence-corrected chi connectivity index (χ3v) is 28.2. The normalized spacial score (nSPS) is 14.7. The zero-order valence-electron chi connectivity index (χ0n) is 80.9. The van der Waals surface area contributed by atoms with E-state index in [2.05, 4.69) is 55.3 Å². The van der Waals surface area contributed by atoms with Crippen molar-refractivity contribution in [1.82, 2.24) is 122 Å². The van der Waals surface area contributed by atoms with Gasteiger partial charge in [-0.3, -0.25) is 62.4 Å². The fraction of sp³-hybridized carbons (Fsp3) is 0.298. The Morgan fingerprint density at radius 2 is 0.781 bits per heavy atom. The topological polar surface area (TPSA) is 555 Å². The smallest absolute Gasteiger partial charge is 0.255 e. The predicted molar refractivity (Wildman–Crippen MR) is 544 cm³/mol. The first-order chi connectivity index (χ1) is 70.6. The summed E-state index contributed by atoms with van der Waals surface area (Å²) < 4.78 is 9.61.